The van der Waals surface area contributed by atoms with Gasteiger partial charge in [-0.25, -0.2) is 0 Å². The molecule has 0 saturated heterocycles. The summed E-state index contributed by atoms with van der Waals surface area (Å²) in [5, 5.41) is 0. The van der Waals surface area contributed by atoms with Crippen molar-refractivity contribution in [3.63, 3.8) is 0 Å². The Kier molecular flexibility index (Phi) is 3.25. The average Bonchev–Trinajstić information content (AvgIpc) is 1.14. The maximum Gasteiger partial charge on any atom is 0.151 e. The summed E-state index contributed by atoms with van der Waals surface area (Å²) in [6.07, 6.45) is 0. The summed E-state index contributed by atoms with van der Waals surface area (Å²) in [7, 11) is -1.37. The molecule has 0 spiro atoms. The van der Waals surface area contributed by atoms with Crippen molar-refractivity contribution < 1.29 is 0 Å². The highest BCUT2D eigenvalue weighted by atomic mass is 79.9. The van der Waals surface area contributed by atoms with E-state index in [2.05, 4.69) is 42.9 Å². The van der Waals surface area contributed by atoms with Gasteiger partial charge >= 0.3 is 0 Å². The molecule has 0 amide bonds. The van der Waals surface area contributed by atoms with Gasteiger partial charge in [-0.05, 0) is 6.04 Å². The van der Waals surface area contributed by atoms with Crippen LogP contribution < -0.4 is 0 Å². The lowest BCUT2D eigenvalue weighted by Crippen LogP contribution is -2.26. The normalized spacial score (nSPS) is 14.0. The van der Waals surface area contributed by atoms with Crippen LogP contribution in [0.15, 0.2) is 0 Å². The standard InChI is InChI=1S/C6H14BrClSi/c1-6(2,7)5-9(3,4)8/h5H2,1-4H3. The highest BCUT2D eigenvalue weighted by molar-refractivity contribution is 9.10. The molecule has 3 heteroatoms. The maximum absolute atomic E-state index is 6.13. The Bertz CT molecular complexity index is 78.2. The fourth-order valence-electron chi connectivity index (χ4n) is 1.000. The first-order valence-electron chi connectivity index (χ1n) is 3.09. The van der Waals surface area contributed by atoms with E-state index in [1.807, 2.05) is 0 Å². The lowest BCUT2D eigenvalue weighted by Gasteiger charge is -2.22. The van der Waals surface area contributed by atoms with Gasteiger partial charge in [0.2, 0.25) is 0 Å². The van der Waals surface area contributed by atoms with E-state index in [1.165, 1.54) is 0 Å². The van der Waals surface area contributed by atoms with Crippen LogP contribution in [0.25, 0.3) is 0 Å². The van der Waals surface area contributed by atoms with Gasteiger partial charge in [0.25, 0.3) is 0 Å². The van der Waals surface area contributed by atoms with E-state index < -0.39 is 7.38 Å². The minimum absolute atomic E-state index is 0.227. The molecule has 0 aliphatic heterocycles. The number of hydrogen-bond acceptors (Lipinski definition) is 0. The molecular weight excluding hydrogens is 216 g/mol. The Balaban J connectivity index is 3.75. The van der Waals surface area contributed by atoms with E-state index in [4.69, 9.17) is 11.1 Å². The van der Waals surface area contributed by atoms with Crippen LogP contribution in [0.1, 0.15) is 13.8 Å². The second-order valence-electron chi connectivity index (χ2n) is 3.61. The molecule has 0 nitrogen and oxygen atoms in total. The predicted molar refractivity (Wildman–Crippen MR) is 51.1 cm³/mol. The molecule has 0 saturated carbocycles. The predicted octanol–water partition coefficient (Wildman–Crippen LogP) is 3.60. The van der Waals surface area contributed by atoms with Crippen molar-refractivity contribution in [2.75, 3.05) is 0 Å². The zero-order valence-electron chi connectivity index (χ0n) is 6.46. The van der Waals surface area contributed by atoms with Gasteiger partial charge in [-0.2, -0.15) is 11.1 Å². The van der Waals surface area contributed by atoms with Gasteiger partial charge in [-0.3, -0.25) is 0 Å². The van der Waals surface area contributed by atoms with Gasteiger partial charge in [0.15, 0.2) is 7.38 Å². The Labute approximate surface area is 71.8 Å². The third-order valence-corrected chi connectivity index (χ3v) is 3.76. The minimum atomic E-state index is -1.37. The first kappa shape index (κ1) is 9.99. The van der Waals surface area contributed by atoms with E-state index >= 15 is 0 Å². The van der Waals surface area contributed by atoms with E-state index in [9.17, 15) is 0 Å². The van der Waals surface area contributed by atoms with Crippen molar-refractivity contribution in [1.29, 1.82) is 0 Å². The van der Waals surface area contributed by atoms with Crippen LogP contribution in [-0.2, 0) is 0 Å². The summed E-state index contributed by atoms with van der Waals surface area (Å²) in [6.45, 7) is 8.64. The maximum atomic E-state index is 6.13. The number of halogens is 2. The van der Waals surface area contributed by atoms with Crippen molar-refractivity contribution in [2.45, 2.75) is 37.3 Å². The Morgan fingerprint density at radius 3 is 1.78 bits per heavy atom. The van der Waals surface area contributed by atoms with Gasteiger partial charge in [0.05, 0.1) is 0 Å². The topological polar surface area (TPSA) is 0 Å². The lowest BCUT2D eigenvalue weighted by atomic mass is 10.3. The SMILES string of the molecule is CC(C)(Br)C[Si](C)(C)Cl. The zero-order chi connectivity index (χ0) is 7.71. The third kappa shape index (κ3) is 8.99. The number of hydrogen-bond donors (Lipinski definition) is 0. The minimum Gasteiger partial charge on any atom is -0.168 e. The van der Waals surface area contributed by atoms with Gasteiger partial charge in [-0.15, -0.1) is 0 Å². The zero-order valence-corrected chi connectivity index (χ0v) is 9.80. The number of rotatable bonds is 2. The molecule has 0 heterocycles. The Morgan fingerprint density at radius 2 is 1.78 bits per heavy atom. The van der Waals surface area contributed by atoms with Crippen molar-refractivity contribution in [3.05, 3.63) is 0 Å². The van der Waals surface area contributed by atoms with Crippen LogP contribution >= 0.6 is 27.0 Å². The van der Waals surface area contributed by atoms with Crippen molar-refractivity contribution in [3.8, 4) is 0 Å². The molecule has 0 bridgehead atoms. The van der Waals surface area contributed by atoms with Crippen LogP contribution in [0.3, 0.4) is 0 Å². The van der Waals surface area contributed by atoms with E-state index in [0.717, 1.165) is 6.04 Å². The molecule has 0 aliphatic rings. The largest absolute Gasteiger partial charge is 0.168 e. The molecule has 0 N–H and O–H groups in total. The molecule has 9 heavy (non-hydrogen) atoms. The Morgan fingerprint density at radius 1 is 1.44 bits per heavy atom. The third-order valence-electron chi connectivity index (χ3n) is 0.841. The first-order chi connectivity index (χ1) is 3.71. The van der Waals surface area contributed by atoms with Crippen molar-refractivity contribution in [2.24, 2.45) is 0 Å². The molecule has 0 aromatic heterocycles. The molecule has 0 atom stereocenters. The summed E-state index contributed by atoms with van der Waals surface area (Å²) >= 11 is 9.69. The van der Waals surface area contributed by atoms with Gasteiger partial charge in [0.1, 0.15) is 0 Å². The fraction of sp³-hybridized carbons (Fsp3) is 1.00. The first-order valence-corrected chi connectivity index (χ1v) is 8.10. The van der Waals surface area contributed by atoms with Gasteiger partial charge in [-0.1, -0.05) is 42.9 Å². The van der Waals surface area contributed by atoms with Gasteiger partial charge < -0.3 is 0 Å². The van der Waals surface area contributed by atoms with E-state index in [-0.39, 0.29) is 4.32 Å². The fourth-order valence-corrected chi connectivity index (χ4v) is 6.59. The molecule has 56 valence electrons. The van der Waals surface area contributed by atoms with Crippen molar-refractivity contribution in [1.82, 2.24) is 0 Å². The van der Waals surface area contributed by atoms with Crippen LogP contribution in [0.5, 0.6) is 0 Å². The highest BCUT2D eigenvalue weighted by Crippen LogP contribution is 2.29. The molecule has 0 aromatic rings. The van der Waals surface area contributed by atoms with Gasteiger partial charge in [0, 0.05) is 4.32 Å². The lowest BCUT2D eigenvalue weighted by molar-refractivity contribution is 0.809. The van der Waals surface area contributed by atoms with Crippen LogP contribution in [-0.4, -0.2) is 11.7 Å². The van der Waals surface area contributed by atoms with Crippen LogP contribution in [0.2, 0.25) is 19.1 Å². The molecular formula is C6H14BrClSi. The molecule has 0 rings (SSSR count). The van der Waals surface area contributed by atoms with Crippen LogP contribution in [0.4, 0.5) is 0 Å². The van der Waals surface area contributed by atoms with Crippen molar-refractivity contribution >= 4 is 34.4 Å². The molecule has 0 unspecified atom stereocenters. The summed E-state index contributed by atoms with van der Waals surface area (Å²) in [5.74, 6) is 0. The second kappa shape index (κ2) is 2.93. The number of alkyl halides is 1. The van der Waals surface area contributed by atoms with Crippen LogP contribution in [0, 0.1) is 0 Å². The quantitative estimate of drug-likeness (QED) is 0.386. The average molecular weight is 230 g/mol. The summed E-state index contributed by atoms with van der Waals surface area (Å²) < 4.78 is 0.227. The molecule has 0 aliphatic carbocycles. The Hall–Kier alpha value is 0.987. The summed E-state index contributed by atoms with van der Waals surface area (Å²) in [6, 6.07) is 1.11. The summed E-state index contributed by atoms with van der Waals surface area (Å²) in [4.78, 5) is 0. The smallest absolute Gasteiger partial charge is 0.151 e. The monoisotopic (exact) mass is 228 g/mol. The molecule has 0 aromatic carbocycles. The second-order valence-corrected chi connectivity index (χ2v) is 12.6. The molecule has 0 fully saturated rings. The molecule has 0 radical (unpaired) electrons. The highest BCUT2D eigenvalue weighted by Gasteiger charge is 2.26. The van der Waals surface area contributed by atoms with E-state index in [0.29, 0.717) is 0 Å². The van der Waals surface area contributed by atoms with E-state index in [1.54, 1.807) is 0 Å². The summed E-state index contributed by atoms with van der Waals surface area (Å²) in [5.41, 5.74) is 0.